The first-order chi connectivity index (χ1) is 9.30. The third-order valence-corrected chi connectivity index (χ3v) is 3.86. The van der Waals surface area contributed by atoms with Gasteiger partial charge in [0.05, 0.1) is 5.56 Å². The molecular formula is C14H18ClF3N2. The Bertz CT molecular complexity index is 474. The van der Waals surface area contributed by atoms with Crippen LogP contribution in [0.1, 0.15) is 19.4 Å². The van der Waals surface area contributed by atoms with E-state index in [1.165, 1.54) is 12.1 Å². The fourth-order valence-corrected chi connectivity index (χ4v) is 2.78. The molecule has 1 aromatic carbocycles. The maximum atomic E-state index is 13.2. The van der Waals surface area contributed by atoms with Crippen molar-refractivity contribution in [1.29, 1.82) is 0 Å². The minimum Gasteiger partial charge on any atom is -0.365 e. The number of halogens is 4. The highest BCUT2D eigenvalue weighted by molar-refractivity contribution is 6.30. The zero-order valence-electron chi connectivity index (χ0n) is 11.5. The van der Waals surface area contributed by atoms with Gasteiger partial charge in [-0.2, -0.15) is 13.2 Å². The summed E-state index contributed by atoms with van der Waals surface area (Å²) in [6.45, 7) is 5.98. The van der Waals surface area contributed by atoms with Crippen molar-refractivity contribution < 1.29 is 13.2 Å². The molecule has 20 heavy (non-hydrogen) atoms. The molecule has 0 aromatic heterocycles. The van der Waals surface area contributed by atoms with E-state index in [1.807, 2.05) is 18.7 Å². The van der Waals surface area contributed by atoms with Crippen LogP contribution in [0.4, 0.5) is 18.9 Å². The third kappa shape index (κ3) is 3.20. The van der Waals surface area contributed by atoms with Gasteiger partial charge < -0.3 is 10.2 Å². The van der Waals surface area contributed by atoms with Crippen LogP contribution in [0.2, 0.25) is 5.02 Å². The molecule has 1 heterocycles. The van der Waals surface area contributed by atoms with Crippen LogP contribution in [-0.4, -0.2) is 25.7 Å². The lowest BCUT2D eigenvalue weighted by Gasteiger charge is -2.41. The van der Waals surface area contributed by atoms with E-state index in [1.54, 1.807) is 0 Å². The molecule has 1 atom stereocenters. The molecule has 6 heteroatoms. The van der Waals surface area contributed by atoms with Crippen LogP contribution >= 0.6 is 11.6 Å². The number of rotatable bonds is 2. The second kappa shape index (κ2) is 5.82. The summed E-state index contributed by atoms with van der Waals surface area (Å²) >= 11 is 5.73. The molecule has 2 rings (SSSR count). The van der Waals surface area contributed by atoms with Gasteiger partial charge in [0, 0.05) is 36.4 Å². The minimum atomic E-state index is -4.40. The van der Waals surface area contributed by atoms with E-state index in [-0.39, 0.29) is 22.7 Å². The minimum absolute atomic E-state index is 0.0472. The Morgan fingerprint density at radius 3 is 2.65 bits per heavy atom. The van der Waals surface area contributed by atoms with Crippen molar-refractivity contribution in [2.45, 2.75) is 26.1 Å². The van der Waals surface area contributed by atoms with Crippen molar-refractivity contribution in [1.82, 2.24) is 5.32 Å². The van der Waals surface area contributed by atoms with E-state index in [4.69, 9.17) is 11.6 Å². The second-order valence-corrected chi connectivity index (χ2v) is 5.80. The molecule has 0 bridgehead atoms. The van der Waals surface area contributed by atoms with E-state index in [2.05, 4.69) is 5.32 Å². The molecule has 0 amide bonds. The quantitative estimate of drug-likeness (QED) is 0.894. The average Bonchev–Trinajstić information content (AvgIpc) is 2.37. The lowest BCUT2D eigenvalue weighted by Crippen LogP contribution is -2.54. The fourth-order valence-electron chi connectivity index (χ4n) is 2.61. The molecule has 0 spiro atoms. The number of hydrogen-bond donors (Lipinski definition) is 1. The first-order valence-electron chi connectivity index (χ1n) is 6.65. The monoisotopic (exact) mass is 306 g/mol. The molecule has 1 aliphatic rings. The Hall–Kier alpha value is -0.940. The van der Waals surface area contributed by atoms with Crippen LogP contribution in [0.3, 0.4) is 0 Å². The Labute approximate surface area is 121 Å². The molecule has 1 aliphatic heterocycles. The Morgan fingerprint density at radius 1 is 1.35 bits per heavy atom. The fraction of sp³-hybridized carbons (Fsp3) is 0.571. The Morgan fingerprint density at radius 2 is 2.05 bits per heavy atom. The van der Waals surface area contributed by atoms with Gasteiger partial charge in [-0.15, -0.1) is 0 Å². The number of alkyl halides is 3. The largest absolute Gasteiger partial charge is 0.418 e. The molecule has 1 saturated heterocycles. The molecule has 0 aliphatic carbocycles. The van der Waals surface area contributed by atoms with Gasteiger partial charge in [-0.3, -0.25) is 0 Å². The number of piperazine rings is 1. The second-order valence-electron chi connectivity index (χ2n) is 5.37. The third-order valence-electron chi connectivity index (χ3n) is 3.63. The van der Waals surface area contributed by atoms with E-state index >= 15 is 0 Å². The molecular weight excluding hydrogens is 289 g/mol. The average molecular weight is 307 g/mol. The molecule has 1 N–H and O–H groups in total. The van der Waals surface area contributed by atoms with Crippen molar-refractivity contribution in [3.8, 4) is 0 Å². The topological polar surface area (TPSA) is 15.3 Å². The van der Waals surface area contributed by atoms with Gasteiger partial charge in [0.1, 0.15) is 0 Å². The van der Waals surface area contributed by atoms with Crippen LogP contribution in [0.5, 0.6) is 0 Å². The van der Waals surface area contributed by atoms with Gasteiger partial charge in [-0.25, -0.2) is 0 Å². The molecule has 1 unspecified atom stereocenters. The molecule has 112 valence electrons. The molecule has 0 saturated carbocycles. The lowest BCUT2D eigenvalue weighted by atomic mass is 9.98. The lowest BCUT2D eigenvalue weighted by molar-refractivity contribution is -0.137. The summed E-state index contributed by atoms with van der Waals surface area (Å²) in [5, 5.41) is 3.35. The highest BCUT2D eigenvalue weighted by Crippen LogP contribution is 2.39. The number of benzene rings is 1. The summed E-state index contributed by atoms with van der Waals surface area (Å²) in [6.07, 6.45) is -4.40. The first kappa shape index (κ1) is 15.4. The van der Waals surface area contributed by atoms with Crippen molar-refractivity contribution in [2.24, 2.45) is 5.92 Å². The zero-order chi connectivity index (χ0) is 14.9. The number of nitrogens with zero attached hydrogens (tertiary/aromatic N) is 1. The highest BCUT2D eigenvalue weighted by Gasteiger charge is 2.37. The smallest absolute Gasteiger partial charge is 0.365 e. The summed E-state index contributed by atoms with van der Waals surface area (Å²) in [5.41, 5.74) is -0.431. The van der Waals surface area contributed by atoms with E-state index in [9.17, 15) is 13.2 Å². The molecule has 2 nitrogen and oxygen atoms in total. The normalized spacial score (nSPS) is 20.6. The van der Waals surface area contributed by atoms with Crippen molar-refractivity contribution >= 4 is 17.3 Å². The maximum Gasteiger partial charge on any atom is 0.418 e. The first-order valence-corrected chi connectivity index (χ1v) is 7.02. The van der Waals surface area contributed by atoms with E-state index in [0.29, 0.717) is 19.6 Å². The number of hydrogen-bond acceptors (Lipinski definition) is 2. The SMILES string of the molecule is CC(C)C1CNCCN1c1ccc(Cl)cc1C(F)(F)F. The van der Waals surface area contributed by atoms with Crippen LogP contribution in [-0.2, 0) is 6.18 Å². The Balaban J connectivity index is 2.45. The van der Waals surface area contributed by atoms with Crippen LogP contribution < -0.4 is 10.2 Å². The molecule has 0 radical (unpaired) electrons. The van der Waals surface area contributed by atoms with Gasteiger partial charge in [0.25, 0.3) is 0 Å². The van der Waals surface area contributed by atoms with Crippen LogP contribution in [0.25, 0.3) is 0 Å². The number of anilines is 1. The van der Waals surface area contributed by atoms with Crippen molar-refractivity contribution in [3.05, 3.63) is 28.8 Å². The van der Waals surface area contributed by atoms with E-state index in [0.717, 1.165) is 6.07 Å². The molecule has 1 aromatic rings. The predicted molar refractivity (Wildman–Crippen MR) is 75.3 cm³/mol. The van der Waals surface area contributed by atoms with Gasteiger partial charge in [0.15, 0.2) is 0 Å². The predicted octanol–water partition coefficient (Wildman–Crippen LogP) is 3.79. The summed E-state index contributed by atoms with van der Waals surface area (Å²) in [5.74, 6) is 0.263. The van der Waals surface area contributed by atoms with Gasteiger partial charge in [-0.05, 0) is 24.1 Å². The summed E-state index contributed by atoms with van der Waals surface area (Å²) < 4.78 is 39.6. The van der Waals surface area contributed by atoms with Gasteiger partial charge >= 0.3 is 6.18 Å². The summed E-state index contributed by atoms with van der Waals surface area (Å²) in [4.78, 5) is 1.85. The van der Waals surface area contributed by atoms with Gasteiger partial charge in [-0.1, -0.05) is 25.4 Å². The molecule has 1 fully saturated rings. The standard InChI is InChI=1S/C14H18ClF3N2/c1-9(2)13-8-19-5-6-20(13)12-4-3-10(15)7-11(12)14(16,17)18/h3-4,7,9,13,19H,5-6,8H2,1-2H3. The zero-order valence-corrected chi connectivity index (χ0v) is 12.2. The van der Waals surface area contributed by atoms with Crippen molar-refractivity contribution in [2.75, 3.05) is 24.5 Å². The van der Waals surface area contributed by atoms with E-state index < -0.39 is 11.7 Å². The summed E-state index contributed by atoms with van der Waals surface area (Å²) in [7, 11) is 0. The van der Waals surface area contributed by atoms with Gasteiger partial charge in [0.2, 0.25) is 0 Å². The maximum absolute atomic E-state index is 13.2. The summed E-state index contributed by atoms with van der Waals surface area (Å²) in [6, 6.07) is 4.05. The highest BCUT2D eigenvalue weighted by atomic mass is 35.5. The van der Waals surface area contributed by atoms with Crippen molar-refractivity contribution in [3.63, 3.8) is 0 Å². The van der Waals surface area contributed by atoms with Crippen LogP contribution in [0, 0.1) is 5.92 Å². The Kier molecular flexibility index (Phi) is 4.49. The van der Waals surface area contributed by atoms with Crippen LogP contribution in [0.15, 0.2) is 18.2 Å². The number of nitrogens with one attached hydrogen (secondary N) is 1.